The van der Waals surface area contributed by atoms with E-state index in [0.29, 0.717) is 5.92 Å². The lowest BCUT2D eigenvalue weighted by molar-refractivity contribution is 0.555. The van der Waals surface area contributed by atoms with Gasteiger partial charge in [-0.1, -0.05) is 13.0 Å². The molecule has 0 radical (unpaired) electrons. The molecule has 2 unspecified atom stereocenters. The lowest BCUT2D eigenvalue weighted by Crippen LogP contribution is -2.27. The summed E-state index contributed by atoms with van der Waals surface area (Å²) in [5.74, 6) is 0.397. The number of nitrogens with two attached hydrogens (primary N) is 1. The topological polar surface area (TPSA) is 38.4 Å². The summed E-state index contributed by atoms with van der Waals surface area (Å²) < 4.78 is 0. The number of hydrogen-bond donors (Lipinski definition) is 1. The zero-order valence-corrected chi connectivity index (χ0v) is 5.83. The van der Waals surface area contributed by atoms with E-state index in [0.717, 1.165) is 5.71 Å². The molecule has 9 heavy (non-hydrogen) atoms. The van der Waals surface area contributed by atoms with Gasteiger partial charge in [0.15, 0.2) is 0 Å². The Morgan fingerprint density at radius 3 is 2.78 bits per heavy atom. The molecular formula is C7H12N2. The Morgan fingerprint density at radius 1 is 1.67 bits per heavy atom. The van der Waals surface area contributed by atoms with Gasteiger partial charge in [-0.2, -0.15) is 0 Å². The average Bonchev–Trinajstić information content (AvgIpc) is 1.80. The minimum atomic E-state index is -0.0185. The highest BCUT2D eigenvalue weighted by atomic mass is 15.0. The van der Waals surface area contributed by atoms with Crippen molar-refractivity contribution in [1.29, 1.82) is 0 Å². The Bertz CT molecular complexity index is 158. The molecule has 0 aromatic heterocycles. The first kappa shape index (κ1) is 6.49. The van der Waals surface area contributed by atoms with E-state index in [4.69, 9.17) is 5.73 Å². The predicted octanol–water partition coefficient (Wildman–Crippen LogP) is 0.938. The van der Waals surface area contributed by atoms with Crippen LogP contribution in [0.15, 0.2) is 17.1 Å². The van der Waals surface area contributed by atoms with E-state index in [2.05, 4.69) is 18.0 Å². The van der Waals surface area contributed by atoms with Gasteiger partial charge in [0, 0.05) is 11.6 Å². The van der Waals surface area contributed by atoms with Crippen LogP contribution in [-0.4, -0.2) is 11.9 Å². The summed E-state index contributed by atoms with van der Waals surface area (Å²) in [6.45, 7) is 4.03. The summed E-state index contributed by atoms with van der Waals surface area (Å²) in [7, 11) is 0. The third-order valence-electron chi connectivity index (χ3n) is 1.53. The van der Waals surface area contributed by atoms with Crippen LogP contribution < -0.4 is 5.73 Å². The first-order valence-electron chi connectivity index (χ1n) is 3.18. The van der Waals surface area contributed by atoms with Gasteiger partial charge in [-0.25, -0.2) is 0 Å². The highest BCUT2D eigenvalue weighted by Crippen LogP contribution is 2.08. The first-order valence-corrected chi connectivity index (χ1v) is 3.18. The molecule has 0 aromatic carbocycles. The van der Waals surface area contributed by atoms with Gasteiger partial charge in [0.2, 0.25) is 0 Å². The molecule has 2 nitrogen and oxygen atoms in total. The number of aliphatic imine (C=N–C) groups is 1. The number of rotatable bonds is 0. The smallest absolute Gasteiger partial charge is 0.103 e. The lowest BCUT2D eigenvalue weighted by atomic mass is 10.1. The van der Waals surface area contributed by atoms with Gasteiger partial charge in [-0.05, 0) is 13.0 Å². The van der Waals surface area contributed by atoms with E-state index < -0.39 is 0 Å². The van der Waals surface area contributed by atoms with Crippen LogP contribution in [-0.2, 0) is 0 Å². The second-order valence-electron chi connectivity index (χ2n) is 2.48. The molecule has 0 saturated carbocycles. The number of allylic oxidation sites excluding steroid dienone is 1. The minimum Gasteiger partial charge on any atom is -0.309 e. The van der Waals surface area contributed by atoms with E-state index in [1.165, 1.54) is 0 Å². The Balaban J connectivity index is 2.70. The Hall–Kier alpha value is -0.630. The fraction of sp³-hybridized carbons (Fsp3) is 0.571. The summed E-state index contributed by atoms with van der Waals surface area (Å²) in [5.41, 5.74) is 6.66. The number of hydrogen-bond acceptors (Lipinski definition) is 2. The normalized spacial score (nSPS) is 34.3. The molecule has 2 N–H and O–H groups in total. The largest absolute Gasteiger partial charge is 0.309 e. The molecule has 0 spiro atoms. The van der Waals surface area contributed by atoms with Crippen molar-refractivity contribution in [2.45, 2.75) is 20.0 Å². The Morgan fingerprint density at radius 2 is 2.33 bits per heavy atom. The van der Waals surface area contributed by atoms with Crippen molar-refractivity contribution in [2.24, 2.45) is 16.6 Å². The molecule has 0 aromatic rings. The van der Waals surface area contributed by atoms with Gasteiger partial charge in [-0.3, -0.25) is 4.99 Å². The maximum Gasteiger partial charge on any atom is 0.103 e. The molecule has 50 valence electrons. The molecule has 1 aliphatic rings. The zero-order chi connectivity index (χ0) is 6.85. The molecule has 2 atom stereocenters. The first-order chi connectivity index (χ1) is 4.20. The molecule has 0 aliphatic carbocycles. The number of dihydropyridines is 1. The highest BCUT2D eigenvalue weighted by Gasteiger charge is 2.10. The van der Waals surface area contributed by atoms with Crippen molar-refractivity contribution in [2.75, 3.05) is 0 Å². The fourth-order valence-electron chi connectivity index (χ4n) is 0.801. The maximum atomic E-state index is 5.63. The monoisotopic (exact) mass is 124 g/mol. The molecule has 0 amide bonds. The van der Waals surface area contributed by atoms with Crippen molar-refractivity contribution >= 4 is 5.71 Å². The van der Waals surface area contributed by atoms with Crippen molar-refractivity contribution in [3.8, 4) is 0 Å². The third kappa shape index (κ3) is 1.39. The zero-order valence-electron chi connectivity index (χ0n) is 5.83. The summed E-state index contributed by atoms with van der Waals surface area (Å²) in [6.07, 6.45) is 4.08. The average molecular weight is 124 g/mol. The molecule has 1 rings (SSSR count). The fourth-order valence-corrected chi connectivity index (χ4v) is 0.801. The second kappa shape index (κ2) is 2.31. The van der Waals surface area contributed by atoms with Gasteiger partial charge in [0.05, 0.1) is 0 Å². The van der Waals surface area contributed by atoms with E-state index in [9.17, 15) is 0 Å². The van der Waals surface area contributed by atoms with Crippen LogP contribution in [0, 0.1) is 5.92 Å². The third-order valence-corrected chi connectivity index (χ3v) is 1.53. The van der Waals surface area contributed by atoms with E-state index in [1.54, 1.807) is 0 Å². The Labute approximate surface area is 55.5 Å². The van der Waals surface area contributed by atoms with Gasteiger partial charge < -0.3 is 5.73 Å². The van der Waals surface area contributed by atoms with Crippen LogP contribution in [0.4, 0.5) is 0 Å². The maximum absolute atomic E-state index is 5.63. The van der Waals surface area contributed by atoms with Gasteiger partial charge in [0.25, 0.3) is 0 Å². The highest BCUT2D eigenvalue weighted by molar-refractivity contribution is 5.93. The van der Waals surface area contributed by atoms with Crippen LogP contribution in [0.1, 0.15) is 13.8 Å². The SMILES string of the molecule is CC1=NC(N)C(C)C=C1. The molecule has 1 heterocycles. The standard InChI is InChI=1S/C7H12N2/c1-5-3-4-6(2)9-7(5)8/h3-5,7H,8H2,1-2H3. The van der Waals surface area contributed by atoms with Crippen LogP contribution in [0.2, 0.25) is 0 Å². The van der Waals surface area contributed by atoms with E-state index >= 15 is 0 Å². The van der Waals surface area contributed by atoms with Gasteiger partial charge in [0.1, 0.15) is 6.17 Å². The lowest BCUT2D eigenvalue weighted by Gasteiger charge is -2.16. The quantitative estimate of drug-likeness (QED) is 0.512. The van der Waals surface area contributed by atoms with Crippen molar-refractivity contribution in [1.82, 2.24) is 0 Å². The van der Waals surface area contributed by atoms with Crippen LogP contribution in [0.3, 0.4) is 0 Å². The molecule has 2 heteroatoms. The van der Waals surface area contributed by atoms with E-state index in [-0.39, 0.29) is 6.17 Å². The van der Waals surface area contributed by atoms with Crippen molar-refractivity contribution < 1.29 is 0 Å². The second-order valence-corrected chi connectivity index (χ2v) is 2.48. The summed E-state index contributed by atoms with van der Waals surface area (Å²) in [5, 5.41) is 0. The summed E-state index contributed by atoms with van der Waals surface area (Å²) in [4.78, 5) is 4.17. The van der Waals surface area contributed by atoms with Gasteiger partial charge >= 0.3 is 0 Å². The summed E-state index contributed by atoms with van der Waals surface area (Å²) in [6, 6.07) is 0. The molecular weight excluding hydrogens is 112 g/mol. The van der Waals surface area contributed by atoms with Crippen molar-refractivity contribution in [3.63, 3.8) is 0 Å². The van der Waals surface area contributed by atoms with Crippen LogP contribution in [0.5, 0.6) is 0 Å². The molecule has 1 aliphatic heterocycles. The Kier molecular flexibility index (Phi) is 1.67. The van der Waals surface area contributed by atoms with Crippen LogP contribution >= 0.6 is 0 Å². The molecule has 0 fully saturated rings. The predicted molar refractivity (Wildman–Crippen MR) is 39.4 cm³/mol. The molecule has 0 bridgehead atoms. The summed E-state index contributed by atoms with van der Waals surface area (Å²) >= 11 is 0. The minimum absolute atomic E-state index is 0.0185. The molecule has 0 saturated heterocycles. The van der Waals surface area contributed by atoms with Crippen LogP contribution in [0.25, 0.3) is 0 Å². The number of nitrogens with zero attached hydrogens (tertiary/aromatic N) is 1. The van der Waals surface area contributed by atoms with E-state index in [1.807, 2.05) is 13.0 Å². The van der Waals surface area contributed by atoms with Crippen molar-refractivity contribution in [3.05, 3.63) is 12.2 Å². The van der Waals surface area contributed by atoms with Gasteiger partial charge in [-0.15, -0.1) is 0 Å².